The van der Waals surface area contributed by atoms with Crippen LogP contribution in [0.15, 0.2) is 0 Å². The Kier molecular flexibility index (Phi) is 3.53. The molecule has 72 valence electrons. The van der Waals surface area contributed by atoms with E-state index in [2.05, 4.69) is 6.92 Å². The maximum atomic E-state index is 9.45. The van der Waals surface area contributed by atoms with E-state index < -0.39 is 6.29 Å². The van der Waals surface area contributed by atoms with Gasteiger partial charge >= 0.3 is 0 Å². The van der Waals surface area contributed by atoms with Crippen LogP contribution in [0.3, 0.4) is 0 Å². The minimum Gasteiger partial charge on any atom is -0.368 e. The first-order chi connectivity index (χ1) is 5.59. The van der Waals surface area contributed by atoms with Crippen LogP contribution in [0, 0.1) is 11.8 Å². The van der Waals surface area contributed by atoms with Crippen LogP contribution < -0.4 is 0 Å². The number of aliphatic hydroxyl groups excluding tert-OH is 1. The van der Waals surface area contributed by atoms with E-state index in [9.17, 15) is 5.11 Å². The van der Waals surface area contributed by atoms with Crippen molar-refractivity contribution in [3.8, 4) is 0 Å². The molecular formula is C10H20O2. The average Bonchev–Trinajstić information content (AvgIpc) is 2.35. The Balaban J connectivity index is 2.23. The van der Waals surface area contributed by atoms with Gasteiger partial charge < -0.3 is 9.84 Å². The SMILES string of the molecule is CC1CCC(OC(O)C(C)C)C1. The molecule has 1 saturated carbocycles. The fourth-order valence-corrected chi connectivity index (χ4v) is 1.63. The number of hydrogen-bond donors (Lipinski definition) is 1. The summed E-state index contributed by atoms with van der Waals surface area (Å²) < 4.78 is 5.50. The summed E-state index contributed by atoms with van der Waals surface area (Å²) in [5.74, 6) is 0.982. The van der Waals surface area contributed by atoms with Crippen molar-refractivity contribution < 1.29 is 9.84 Å². The molecule has 0 spiro atoms. The number of hydrogen-bond acceptors (Lipinski definition) is 2. The molecule has 0 heterocycles. The van der Waals surface area contributed by atoms with E-state index in [0.717, 1.165) is 18.8 Å². The Labute approximate surface area is 74.9 Å². The molecule has 2 heteroatoms. The lowest BCUT2D eigenvalue weighted by Gasteiger charge is -2.20. The van der Waals surface area contributed by atoms with E-state index in [-0.39, 0.29) is 5.92 Å². The van der Waals surface area contributed by atoms with Crippen molar-refractivity contribution in [1.29, 1.82) is 0 Å². The second kappa shape index (κ2) is 4.24. The molecule has 0 aromatic carbocycles. The highest BCUT2D eigenvalue weighted by atomic mass is 16.6. The molecule has 0 aromatic rings. The zero-order valence-corrected chi connectivity index (χ0v) is 8.29. The van der Waals surface area contributed by atoms with Crippen LogP contribution in [-0.4, -0.2) is 17.5 Å². The van der Waals surface area contributed by atoms with Crippen molar-refractivity contribution in [2.24, 2.45) is 11.8 Å². The fraction of sp³-hybridized carbons (Fsp3) is 1.00. The Morgan fingerprint density at radius 3 is 2.42 bits per heavy atom. The van der Waals surface area contributed by atoms with Gasteiger partial charge in [-0.1, -0.05) is 20.8 Å². The molecule has 0 aliphatic heterocycles. The molecule has 1 fully saturated rings. The van der Waals surface area contributed by atoms with Gasteiger partial charge in [0.2, 0.25) is 0 Å². The quantitative estimate of drug-likeness (QED) is 0.661. The third kappa shape index (κ3) is 2.76. The first-order valence-corrected chi connectivity index (χ1v) is 4.93. The predicted molar refractivity (Wildman–Crippen MR) is 48.7 cm³/mol. The Hall–Kier alpha value is -0.0800. The van der Waals surface area contributed by atoms with E-state index >= 15 is 0 Å². The standard InChI is InChI=1S/C10H20O2/c1-7(2)10(11)12-9-5-4-8(3)6-9/h7-11H,4-6H2,1-3H3. The van der Waals surface area contributed by atoms with Gasteiger partial charge in [-0.2, -0.15) is 0 Å². The summed E-state index contributed by atoms with van der Waals surface area (Å²) in [5, 5.41) is 9.45. The van der Waals surface area contributed by atoms with E-state index in [1.165, 1.54) is 6.42 Å². The molecule has 1 aliphatic carbocycles. The normalized spacial score (nSPS) is 32.8. The summed E-state index contributed by atoms with van der Waals surface area (Å²) in [6, 6.07) is 0. The highest BCUT2D eigenvalue weighted by molar-refractivity contribution is 4.73. The van der Waals surface area contributed by atoms with Crippen molar-refractivity contribution in [2.45, 2.75) is 52.4 Å². The van der Waals surface area contributed by atoms with Gasteiger partial charge in [-0.3, -0.25) is 0 Å². The van der Waals surface area contributed by atoms with Gasteiger partial charge in [0, 0.05) is 5.92 Å². The summed E-state index contributed by atoms with van der Waals surface area (Å²) in [5.41, 5.74) is 0. The Morgan fingerprint density at radius 1 is 1.33 bits per heavy atom. The van der Waals surface area contributed by atoms with Crippen LogP contribution in [0.5, 0.6) is 0 Å². The molecule has 1 N–H and O–H groups in total. The molecule has 1 rings (SSSR count). The van der Waals surface area contributed by atoms with Crippen LogP contribution >= 0.6 is 0 Å². The Bertz CT molecular complexity index is 134. The molecule has 0 aromatic heterocycles. The largest absolute Gasteiger partial charge is 0.368 e. The van der Waals surface area contributed by atoms with E-state index in [1.54, 1.807) is 0 Å². The molecule has 1 aliphatic rings. The van der Waals surface area contributed by atoms with Crippen LogP contribution in [0.25, 0.3) is 0 Å². The molecule has 0 bridgehead atoms. The molecule has 0 amide bonds. The van der Waals surface area contributed by atoms with Gasteiger partial charge in [0.15, 0.2) is 6.29 Å². The predicted octanol–water partition coefficient (Wildman–Crippen LogP) is 2.17. The van der Waals surface area contributed by atoms with Crippen molar-refractivity contribution in [1.82, 2.24) is 0 Å². The van der Waals surface area contributed by atoms with Crippen molar-refractivity contribution >= 4 is 0 Å². The lowest BCUT2D eigenvalue weighted by Crippen LogP contribution is -2.24. The highest BCUT2D eigenvalue weighted by Gasteiger charge is 2.24. The summed E-state index contributed by atoms with van der Waals surface area (Å²) >= 11 is 0. The molecule has 0 saturated heterocycles. The van der Waals surface area contributed by atoms with E-state index in [4.69, 9.17) is 4.74 Å². The third-order valence-corrected chi connectivity index (χ3v) is 2.55. The number of ether oxygens (including phenoxy) is 1. The molecule has 2 nitrogen and oxygen atoms in total. The molecular weight excluding hydrogens is 152 g/mol. The van der Waals surface area contributed by atoms with Gasteiger partial charge in [0.05, 0.1) is 6.10 Å². The monoisotopic (exact) mass is 172 g/mol. The third-order valence-electron chi connectivity index (χ3n) is 2.55. The molecule has 3 unspecified atom stereocenters. The van der Waals surface area contributed by atoms with Crippen molar-refractivity contribution in [3.63, 3.8) is 0 Å². The smallest absolute Gasteiger partial charge is 0.157 e. The van der Waals surface area contributed by atoms with Crippen LogP contribution in [0.4, 0.5) is 0 Å². The molecule has 12 heavy (non-hydrogen) atoms. The topological polar surface area (TPSA) is 29.5 Å². The minimum absolute atomic E-state index is 0.209. The first-order valence-electron chi connectivity index (χ1n) is 4.93. The maximum Gasteiger partial charge on any atom is 0.157 e. The molecule has 0 radical (unpaired) electrons. The lowest BCUT2D eigenvalue weighted by molar-refractivity contribution is -0.157. The van der Waals surface area contributed by atoms with E-state index in [0.29, 0.717) is 6.10 Å². The van der Waals surface area contributed by atoms with Gasteiger partial charge in [0.1, 0.15) is 0 Å². The van der Waals surface area contributed by atoms with Gasteiger partial charge in [0.25, 0.3) is 0 Å². The number of rotatable bonds is 3. The second-order valence-electron chi connectivity index (χ2n) is 4.31. The van der Waals surface area contributed by atoms with Crippen LogP contribution in [0.1, 0.15) is 40.0 Å². The zero-order chi connectivity index (χ0) is 9.14. The average molecular weight is 172 g/mol. The van der Waals surface area contributed by atoms with Crippen LogP contribution in [-0.2, 0) is 4.74 Å². The van der Waals surface area contributed by atoms with Gasteiger partial charge in [-0.15, -0.1) is 0 Å². The summed E-state index contributed by atoms with van der Waals surface area (Å²) in [4.78, 5) is 0. The van der Waals surface area contributed by atoms with Gasteiger partial charge in [-0.05, 0) is 25.2 Å². The van der Waals surface area contributed by atoms with E-state index in [1.807, 2.05) is 13.8 Å². The summed E-state index contributed by atoms with van der Waals surface area (Å²) in [6.07, 6.45) is 3.21. The van der Waals surface area contributed by atoms with Crippen molar-refractivity contribution in [2.75, 3.05) is 0 Å². The highest BCUT2D eigenvalue weighted by Crippen LogP contribution is 2.28. The minimum atomic E-state index is -0.569. The molecule has 3 atom stereocenters. The lowest BCUT2D eigenvalue weighted by atomic mass is 10.1. The number of aliphatic hydroxyl groups is 1. The maximum absolute atomic E-state index is 9.45. The zero-order valence-electron chi connectivity index (χ0n) is 8.29. The fourth-order valence-electron chi connectivity index (χ4n) is 1.63. The van der Waals surface area contributed by atoms with Crippen molar-refractivity contribution in [3.05, 3.63) is 0 Å². The Morgan fingerprint density at radius 2 is 2.00 bits per heavy atom. The first kappa shape index (κ1) is 10.0. The van der Waals surface area contributed by atoms with Crippen LogP contribution in [0.2, 0.25) is 0 Å². The van der Waals surface area contributed by atoms with Gasteiger partial charge in [-0.25, -0.2) is 0 Å². The summed E-state index contributed by atoms with van der Waals surface area (Å²) in [7, 11) is 0. The second-order valence-corrected chi connectivity index (χ2v) is 4.31. The summed E-state index contributed by atoms with van der Waals surface area (Å²) in [6.45, 7) is 6.19.